The molecule has 5 heteroatoms. The highest BCUT2D eigenvalue weighted by Gasteiger charge is 2.15. The first-order chi connectivity index (χ1) is 7.70. The fraction of sp³-hybridized carbons (Fsp3) is 0.364. The van der Waals surface area contributed by atoms with Gasteiger partial charge in [-0.05, 0) is 30.2 Å². The van der Waals surface area contributed by atoms with Gasteiger partial charge in [-0.3, -0.25) is 10.6 Å². The fourth-order valence-corrected chi connectivity index (χ4v) is 1.84. The summed E-state index contributed by atoms with van der Waals surface area (Å²) < 4.78 is 0. The Kier molecular flexibility index (Phi) is 3.07. The molecule has 1 aliphatic rings. The van der Waals surface area contributed by atoms with E-state index in [2.05, 4.69) is 16.8 Å². The topological polar surface area (TPSA) is 70.4 Å². The number of nitrogens with zero attached hydrogens (tertiary/aromatic N) is 1. The van der Waals surface area contributed by atoms with Crippen molar-refractivity contribution in [3.05, 3.63) is 23.8 Å². The highest BCUT2D eigenvalue weighted by atomic mass is 16.1. The number of carbonyl (C=O) groups is 1. The molecule has 0 unspecified atom stereocenters. The van der Waals surface area contributed by atoms with Gasteiger partial charge < -0.3 is 10.2 Å². The number of rotatable bonds is 3. The quantitative estimate of drug-likeness (QED) is 0.392. The number of anilines is 2. The molecule has 16 heavy (non-hydrogen) atoms. The molecule has 0 fully saturated rings. The summed E-state index contributed by atoms with van der Waals surface area (Å²) in [7, 11) is 1.96. The molecule has 1 aliphatic heterocycles. The molecule has 0 aromatic heterocycles. The highest BCUT2D eigenvalue weighted by Crippen LogP contribution is 2.26. The first-order valence-electron chi connectivity index (χ1n) is 5.28. The van der Waals surface area contributed by atoms with Gasteiger partial charge in [0.05, 0.1) is 6.67 Å². The smallest absolute Gasteiger partial charge is 0.224 e. The average molecular weight is 220 g/mol. The molecule has 0 saturated carbocycles. The molecule has 1 heterocycles. The average Bonchev–Trinajstić information content (AvgIpc) is 2.28. The molecule has 4 N–H and O–H groups in total. The number of nitrogens with one attached hydrogen (secondary N) is 2. The zero-order chi connectivity index (χ0) is 11.5. The molecule has 2 rings (SSSR count). The number of carbonyl (C=O) groups excluding carboxylic acids is 1. The summed E-state index contributed by atoms with van der Waals surface area (Å²) in [4.78, 5) is 13.2. The van der Waals surface area contributed by atoms with Crippen molar-refractivity contribution >= 4 is 17.3 Å². The van der Waals surface area contributed by atoms with Crippen molar-refractivity contribution in [3.8, 4) is 0 Å². The third kappa shape index (κ3) is 2.15. The van der Waals surface area contributed by atoms with Gasteiger partial charge in [0.1, 0.15) is 0 Å². The van der Waals surface area contributed by atoms with Gasteiger partial charge in [-0.25, -0.2) is 5.43 Å². The van der Waals surface area contributed by atoms with Crippen LogP contribution in [0.2, 0.25) is 0 Å². The first kappa shape index (κ1) is 10.9. The number of nitrogens with two attached hydrogens (primary N) is 1. The van der Waals surface area contributed by atoms with Crippen LogP contribution in [0.4, 0.5) is 11.4 Å². The van der Waals surface area contributed by atoms with Crippen LogP contribution in [0.1, 0.15) is 12.0 Å². The lowest BCUT2D eigenvalue weighted by molar-refractivity contribution is -0.116. The first-order valence-corrected chi connectivity index (χ1v) is 5.28. The number of aryl methyl sites for hydroxylation is 1. The van der Waals surface area contributed by atoms with Gasteiger partial charge >= 0.3 is 0 Å². The molecule has 0 saturated heterocycles. The van der Waals surface area contributed by atoms with Crippen LogP contribution in [0, 0.1) is 0 Å². The lowest BCUT2D eigenvalue weighted by atomic mass is 10.0. The van der Waals surface area contributed by atoms with E-state index in [0.29, 0.717) is 13.1 Å². The summed E-state index contributed by atoms with van der Waals surface area (Å²) in [6.45, 7) is 0.588. The Balaban J connectivity index is 2.22. The molecular formula is C11H16N4O. The van der Waals surface area contributed by atoms with Gasteiger partial charge in [0.15, 0.2) is 0 Å². The Morgan fingerprint density at radius 1 is 1.50 bits per heavy atom. The maximum atomic E-state index is 11.2. The molecule has 0 radical (unpaired) electrons. The van der Waals surface area contributed by atoms with Crippen LogP contribution >= 0.6 is 0 Å². The number of benzene rings is 1. The number of hydrogen-bond donors (Lipinski definition) is 3. The Morgan fingerprint density at radius 3 is 3.06 bits per heavy atom. The molecule has 1 aromatic carbocycles. The zero-order valence-electron chi connectivity index (χ0n) is 9.29. The highest BCUT2D eigenvalue weighted by molar-refractivity contribution is 5.94. The molecule has 0 bridgehead atoms. The monoisotopic (exact) mass is 220 g/mol. The summed E-state index contributed by atoms with van der Waals surface area (Å²) in [6, 6.07) is 6.00. The summed E-state index contributed by atoms with van der Waals surface area (Å²) in [5, 5.41) is 2.86. The summed E-state index contributed by atoms with van der Waals surface area (Å²) >= 11 is 0. The molecule has 0 spiro atoms. The minimum atomic E-state index is 0.0947. The van der Waals surface area contributed by atoms with Crippen molar-refractivity contribution in [1.82, 2.24) is 5.43 Å². The standard InChI is InChI=1S/C11H16N4O/c1-15(7-13-12)9-3-4-10-8(6-9)2-5-11(16)14-10/h3-4,6,13H,2,5,7,12H2,1H3,(H,14,16). The van der Waals surface area contributed by atoms with Gasteiger partial charge in [-0.1, -0.05) is 0 Å². The van der Waals surface area contributed by atoms with Crippen molar-refractivity contribution in [1.29, 1.82) is 0 Å². The maximum absolute atomic E-state index is 11.2. The molecule has 0 atom stereocenters. The van der Waals surface area contributed by atoms with E-state index in [1.165, 1.54) is 5.56 Å². The lowest BCUT2D eigenvalue weighted by Crippen LogP contribution is -2.35. The van der Waals surface area contributed by atoms with Gasteiger partial charge in [0.2, 0.25) is 5.91 Å². The Bertz CT molecular complexity index is 405. The van der Waals surface area contributed by atoms with Crippen LogP contribution in [-0.2, 0) is 11.2 Å². The summed E-state index contributed by atoms with van der Waals surface area (Å²) in [5.74, 6) is 5.37. The summed E-state index contributed by atoms with van der Waals surface area (Å²) in [6.07, 6.45) is 1.37. The second-order valence-electron chi connectivity index (χ2n) is 3.95. The third-order valence-corrected chi connectivity index (χ3v) is 2.75. The number of hydrazine groups is 1. The van der Waals surface area contributed by atoms with E-state index in [4.69, 9.17) is 5.84 Å². The summed E-state index contributed by atoms with van der Waals surface area (Å²) in [5.41, 5.74) is 5.81. The van der Waals surface area contributed by atoms with Gasteiger partial charge in [-0.15, -0.1) is 0 Å². The SMILES string of the molecule is CN(CNN)c1ccc2c(c1)CCC(=O)N2. The van der Waals surface area contributed by atoms with Crippen LogP contribution in [0.25, 0.3) is 0 Å². The molecule has 5 nitrogen and oxygen atoms in total. The molecular weight excluding hydrogens is 204 g/mol. The predicted molar refractivity (Wildman–Crippen MR) is 64.0 cm³/mol. The van der Waals surface area contributed by atoms with Crippen LogP contribution in [0.3, 0.4) is 0 Å². The normalized spacial score (nSPS) is 14.2. The van der Waals surface area contributed by atoms with E-state index in [9.17, 15) is 4.79 Å². The minimum absolute atomic E-state index is 0.0947. The largest absolute Gasteiger partial charge is 0.361 e. The van der Waals surface area contributed by atoms with Crippen LogP contribution in [0.15, 0.2) is 18.2 Å². The van der Waals surface area contributed by atoms with Crippen molar-refractivity contribution in [2.45, 2.75) is 12.8 Å². The molecule has 86 valence electrons. The van der Waals surface area contributed by atoms with E-state index in [1.807, 2.05) is 24.1 Å². The van der Waals surface area contributed by atoms with E-state index in [0.717, 1.165) is 17.8 Å². The third-order valence-electron chi connectivity index (χ3n) is 2.75. The molecule has 1 aromatic rings. The van der Waals surface area contributed by atoms with Crippen molar-refractivity contribution in [3.63, 3.8) is 0 Å². The number of amides is 1. The van der Waals surface area contributed by atoms with Gasteiger partial charge in [0.25, 0.3) is 0 Å². The molecule has 0 aliphatic carbocycles. The van der Waals surface area contributed by atoms with Crippen LogP contribution in [-0.4, -0.2) is 19.6 Å². The molecule has 1 amide bonds. The van der Waals surface area contributed by atoms with E-state index < -0.39 is 0 Å². The van der Waals surface area contributed by atoms with Gasteiger partial charge in [0, 0.05) is 24.8 Å². The number of fused-ring (bicyclic) bond motifs is 1. The van der Waals surface area contributed by atoms with E-state index in [1.54, 1.807) is 0 Å². The number of hydrogen-bond acceptors (Lipinski definition) is 4. The van der Waals surface area contributed by atoms with Gasteiger partial charge in [-0.2, -0.15) is 0 Å². The zero-order valence-corrected chi connectivity index (χ0v) is 9.29. The fourth-order valence-electron chi connectivity index (χ4n) is 1.84. The van der Waals surface area contributed by atoms with E-state index >= 15 is 0 Å². The van der Waals surface area contributed by atoms with Crippen LogP contribution < -0.4 is 21.5 Å². The maximum Gasteiger partial charge on any atom is 0.224 e. The minimum Gasteiger partial charge on any atom is -0.361 e. The van der Waals surface area contributed by atoms with Crippen LogP contribution in [0.5, 0.6) is 0 Å². The second-order valence-corrected chi connectivity index (χ2v) is 3.95. The second kappa shape index (κ2) is 4.51. The van der Waals surface area contributed by atoms with Crippen molar-refractivity contribution < 1.29 is 4.79 Å². The lowest BCUT2D eigenvalue weighted by Gasteiger charge is -2.22. The van der Waals surface area contributed by atoms with Crippen molar-refractivity contribution in [2.75, 3.05) is 23.9 Å². The Hall–Kier alpha value is -1.59. The van der Waals surface area contributed by atoms with E-state index in [-0.39, 0.29) is 5.91 Å². The predicted octanol–water partition coefficient (Wildman–Crippen LogP) is 0.428. The van der Waals surface area contributed by atoms with Crippen molar-refractivity contribution in [2.24, 2.45) is 5.84 Å². The Morgan fingerprint density at radius 2 is 2.31 bits per heavy atom. The Labute approximate surface area is 94.6 Å².